The third-order valence-electron chi connectivity index (χ3n) is 3.62. The van der Waals surface area contributed by atoms with Crippen LogP contribution in [0.25, 0.3) is 11.0 Å². The molecule has 1 heterocycles. The fraction of sp³-hybridized carbons (Fsp3) is 0.357. The summed E-state index contributed by atoms with van der Waals surface area (Å²) in [4.78, 5) is 14.5. The first-order valence-electron chi connectivity index (χ1n) is 5.83. The smallest absolute Gasteiger partial charge is 0.235 e. The number of hydrogen-bond donors (Lipinski definition) is 0. The summed E-state index contributed by atoms with van der Waals surface area (Å²) in [6.07, 6.45) is 4.67. The normalized spacial score (nSPS) is 17.5. The number of isocyanates is 1. The number of furan rings is 1. The Morgan fingerprint density at radius 3 is 2.82 bits per heavy atom. The lowest BCUT2D eigenvalue weighted by Crippen LogP contribution is -2.31. The van der Waals surface area contributed by atoms with E-state index in [0.717, 1.165) is 41.6 Å². The van der Waals surface area contributed by atoms with Gasteiger partial charge < -0.3 is 4.42 Å². The quantitative estimate of drug-likeness (QED) is 0.582. The molecule has 3 rings (SSSR count). The molecule has 0 atom stereocenters. The summed E-state index contributed by atoms with van der Waals surface area (Å²) < 4.78 is 5.61. The number of aliphatic imine (C=N–C) groups is 1. The summed E-state index contributed by atoms with van der Waals surface area (Å²) >= 11 is 0. The minimum atomic E-state index is -0.337. The predicted octanol–water partition coefficient (Wildman–Crippen LogP) is 3.46. The van der Waals surface area contributed by atoms with Gasteiger partial charge in [-0.2, -0.15) is 4.99 Å². The number of fused-ring (bicyclic) bond motifs is 1. The van der Waals surface area contributed by atoms with E-state index in [0.29, 0.717) is 0 Å². The highest BCUT2D eigenvalue weighted by atomic mass is 16.3. The van der Waals surface area contributed by atoms with Gasteiger partial charge in [-0.3, -0.25) is 0 Å². The number of aryl methyl sites for hydroxylation is 1. The lowest BCUT2D eigenvalue weighted by molar-refractivity contribution is 0.256. The van der Waals surface area contributed by atoms with Crippen molar-refractivity contribution in [2.45, 2.75) is 31.7 Å². The Morgan fingerprint density at radius 1 is 1.35 bits per heavy atom. The zero-order valence-corrected chi connectivity index (χ0v) is 9.69. The molecule has 0 spiro atoms. The lowest BCUT2D eigenvalue weighted by Gasteiger charge is -2.37. The fourth-order valence-electron chi connectivity index (χ4n) is 2.52. The Morgan fingerprint density at radius 2 is 2.18 bits per heavy atom. The highest BCUT2D eigenvalue weighted by molar-refractivity contribution is 5.79. The van der Waals surface area contributed by atoms with Gasteiger partial charge in [0.05, 0.1) is 5.54 Å². The van der Waals surface area contributed by atoms with Gasteiger partial charge in [-0.1, -0.05) is 12.1 Å². The Kier molecular flexibility index (Phi) is 2.17. The van der Waals surface area contributed by atoms with E-state index in [1.54, 1.807) is 6.08 Å². The van der Waals surface area contributed by atoms with E-state index in [4.69, 9.17) is 4.42 Å². The van der Waals surface area contributed by atoms with Crippen molar-refractivity contribution in [1.29, 1.82) is 0 Å². The molecule has 0 amide bonds. The van der Waals surface area contributed by atoms with Gasteiger partial charge in [0.25, 0.3) is 0 Å². The molecule has 1 aromatic heterocycles. The zero-order chi connectivity index (χ0) is 11.9. The van der Waals surface area contributed by atoms with Gasteiger partial charge in [0, 0.05) is 5.39 Å². The summed E-state index contributed by atoms with van der Waals surface area (Å²) in [5.41, 5.74) is 1.60. The van der Waals surface area contributed by atoms with Gasteiger partial charge in [0.1, 0.15) is 11.3 Å². The van der Waals surface area contributed by atoms with Crippen LogP contribution in [0.4, 0.5) is 0 Å². The van der Waals surface area contributed by atoms with Gasteiger partial charge >= 0.3 is 0 Å². The highest BCUT2D eigenvalue weighted by Crippen LogP contribution is 2.45. The van der Waals surface area contributed by atoms with Crippen molar-refractivity contribution in [3.63, 3.8) is 0 Å². The van der Waals surface area contributed by atoms with Crippen LogP contribution in [-0.4, -0.2) is 6.08 Å². The molecule has 0 aliphatic heterocycles. The third-order valence-corrected chi connectivity index (χ3v) is 3.62. The molecule has 1 aliphatic rings. The van der Waals surface area contributed by atoms with Gasteiger partial charge in [-0.15, -0.1) is 0 Å². The molecule has 0 radical (unpaired) electrons. The maximum Gasteiger partial charge on any atom is 0.235 e. The van der Waals surface area contributed by atoms with Crippen LogP contribution >= 0.6 is 0 Å². The second-order valence-corrected chi connectivity index (χ2v) is 4.70. The molecule has 1 aliphatic carbocycles. The van der Waals surface area contributed by atoms with Crippen molar-refractivity contribution in [1.82, 2.24) is 0 Å². The number of hydrogen-bond acceptors (Lipinski definition) is 3. The van der Waals surface area contributed by atoms with Gasteiger partial charge in [0.2, 0.25) is 6.08 Å². The molecule has 0 unspecified atom stereocenters. The van der Waals surface area contributed by atoms with E-state index in [1.807, 2.05) is 31.2 Å². The molecule has 0 saturated heterocycles. The molecule has 3 nitrogen and oxygen atoms in total. The van der Waals surface area contributed by atoms with Crippen molar-refractivity contribution < 1.29 is 9.21 Å². The molecular formula is C14H13NO2. The monoisotopic (exact) mass is 227 g/mol. The van der Waals surface area contributed by atoms with Crippen LogP contribution in [0.15, 0.2) is 33.7 Å². The van der Waals surface area contributed by atoms with Crippen LogP contribution < -0.4 is 0 Å². The van der Waals surface area contributed by atoms with E-state index in [1.165, 1.54) is 0 Å². The second kappa shape index (κ2) is 3.57. The van der Waals surface area contributed by atoms with Crippen molar-refractivity contribution >= 4 is 17.0 Å². The third kappa shape index (κ3) is 1.51. The first-order chi connectivity index (χ1) is 8.23. The number of carbonyl (C=O) groups excluding carboxylic acids is 1. The van der Waals surface area contributed by atoms with Gasteiger partial charge in [-0.05, 0) is 43.9 Å². The standard InChI is InChI=1S/C14H13NO2/c1-10-7-11-3-4-12(8-13(11)17-10)14(15-9-16)5-2-6-14/h3-4,7-8H,2,5-6H2,1H3. The van der Waals surface area contributed by atoms with E-state index in [2.05, 4.69) is 4.99 Å². The second-order valence-electron chi connectivity index (χ2n) is 4.70. The average molecular weight is 227 g/mol. The molecule has 0 N–H and O–H groups in total. The van der Waals surface area contributed by atoms with Crippen LogP contribution in [0.5, 0.6) is 0 Å². The lowest BCUT2D eigenvalue weighted by atomic mass is 9.72. The van der Waals surface area contributed by atoms with Crippen molar-refractivity contribution in [2.75, 3.05) is 0 Å². The van der Waals surface area contributed by atoms with Crippen molar-refractivity contribution in [3.05, 3.63) is 35.6 Å². The maximum atomic E-state index is 10.5. The molecule has 1 saturated carbocycles. The zero-order valence-electron chi connectivity index (χ0n) is 9.69. The summed E-state index contributed by atoms with van der Waals surface area (Å²) in [6, 6.07) is 8.08. The topological polar surface area (TPSA) is 42.6 Å². The Labute approximate surface area is 99.1 Å². The first kappa shape index (κ1) is 10.3. The number of benzene rings is 1. The summed E-state index contributed by atoms with van der Waals surface area (Å²) in [6.45, 7) is 1.93. The summed E-state index contributed by atoms with van der Waals surface area (Å²) in [5, 5.41) is 1.09. The molecule has 3 heteroatoms. The minimum Gasteiger partial charge on any atom is -0.461 e. The Hall–Kier alpha value is -1.86. The number of nitrogens with zero attached hydrogens (tertiary/aromatic N) is 1. The SMILES string of the molecule is Cc1cc2ccc(C3(N=C=O)CCC3)cc2o1. The Bertz CT molecular complexity index is 616. The maximum absolute atomic E-state index is 10.5. The van der Waals surface area contributed by atoms with E-state index in [9.17, 15) is 4.79 Å². The van der Waals surface area contributed by atoms with E-state index in [-0.39, 0.29) is 5.54 Å². The van der Waals surface area contributed by atoms with Gasteiger partial charge in [-0.25, -0.2) is 4.79 Å². The molecule has 1 fully saturated rings. The average Bonchev–Trinajstić information content (AvgIpc) is 2.62. The van der Waals surface area contributed by atoms with Crippen molar-refractivity contribution in [2.24, 2.45) is 4.99 Å². The van der Waals surface area contributed by atoms with Crippen LogP contribution in [0, 0.1) is 6.92 Å². The Balaban J connectivity index is 2.13. The molecule has 1 aromatic carbocycles. The van der Waals surface area contributed by atoms with Crippen LogP contribution in [0.3, 0.4) is 0 Å². The fourth-order valence-corrected chi connectivity index (χ4v) is 2.52. The van der Waals surface area contributed by atoms with Crippen LogP contribution in [-0.2, 0) is 10.3 Å². The summed E-state index contributed by atoms with van der Waals surface area (Å²) in [7, 11) is 0. The molecule has 86 valence electrons. The van der Waals surface area contributed by atoms with E-state index < -0.39 is 0 Å². The first-order valence-corrected chi connectivity index (χ1v) is 5.83. The largest absolute Gasteiger partial charge is 0.461 e. The minimum absolute atomic E-state index is 0.337. The highest BCUT2D eigenvalue weighted by Gasteiger charge is 2.39. The molecule has 2 aromatic rings. The molecular weight excluding hydrogens is 214 g/mol. The van der Waals surface area contributed by atoms with Crippen LogP contribution in [0.2, 0.25) is 0 Å². The van der Waals surface area contributed by atoms with E-state index >= 15 is 0 Å². The van der Waals surface area contributed by atoms with Gasteiger partial charge in [0.15, 0.2) is 0 Å². The number of rotatable bonds is 2. The predicted molar refractivity (Wildman–Crippen MR) is 64.6 cm³/mol. The van der Waals surface area contributed by atoms with Crippen LogP contribution in [0.1, 0.15) is 30.6 Å². The van der Waals surface area contributed by atoms with Crippen molar-refractivity contribution in [3.8, 4) is 0 Å². The summed E-state index contributed by atoms with van der Waals surface area (Å²) in [5.74, 6) is 0.902. The molecule has 17 heavy (non-hydrogen) atoms. The molecule has 0 bridgehead atoms.